The van der Waals surface area contributed by atoms with Crippen LogP contribution in [0, 0.1) is 12.8 Å². The van der Waals surface area contributed by atoms with Gasteiger partial charge in [0.15, 0.2) is 5.82 Å². The highest BCUT2D eigenvalue weighted by Crippen LogP contribution is 2.29. The molecule has 0 bridgehead atoms. The first-order valence-corrected chi connectivity index (χ1v) is 13.5. The monoisotopic (exact) mass is 550 g/mol. The van der Waals surface area contributed by atoms with Gasteiger partial charge in [-0.2, -0.15) is 18.2 Å². The molecule has 4 heterocycles. The number of hydrogen-bond acceptors (Lipinski definition) is 6. The zero-order chi connectivity index (χ0) is 28.7. The lowest BCUT2D eigenvalue weighted by molar-refractivity contribution is -0.137. The smallest absolute Gasteiger partial charge is 0.381 e. The van der Waals surface area contributed by atoms with Gasteiger partial charge in [0, 0.05) is 53.0 Å². The summed E-state index contributed by atoms with van der Waals surface area (Å²) in [5.41, 5.74) is 1.77. The molecule has 2 aliphatic rings. The van der Waals surface area contributed by atoms with Crippen LogP contribution in [0.4, 0.5) is 19.0 Å². The summed E-state index contributed by atoms with van der Waals surface area (Å²) in [6, 6.07) is 5.66. The fourth-order valence-electron chi connectivity index (χ4n) is 4.61. The normalized spacial score (nSPS) is 17.6. The summed E-state index contributed by atoms with van der Waals surface area (Å²) >= 11 is 0. The number of piperazine rings is 1. The molecule has 1 unspecified atom stereocenters. The molecule has 3 aromatic rings. The summed E-state index contributed by atoms with van der Waals surface area (Å²) in [6.07, 6.45) is -0.853. The van der Waals surface area contributed by atoms with Crippen molar-refractivity contribution in [1.29, 1.82) is 0 Å². The van der Waals surface area contributed by atoms with Crippen molar-refractivity contribution in [2.45, 2.75) is 59.2 Å². The third-order valence-corrected chi connectivity index (χ3v) is 6.83. The van der Waals surface area contributed by atoms with Gasteiger partial charge in [-0.3, -0.25) is 4.57 Å². The van der Waals surface area contributed by atoms with E-state index in [9.17, 15) is 18.0 Å². The molecule has 216 valence electrons. The molecule has 0 spiro atoms. The third kappa shape index (κ3) is 8.04. The van der Waals surface area contributed by atoms with E-state index in [0.29, 0.717) is 17.8 Å². The number of fused-ring (bicyclic) bond motifs is 1. The number of aromatic nitrogens is 4. The number of anilines is 1. The number of imidazole rings is 1. The topological polar surface area (TPSA) is 77.2 Å². The molecule has 2 saturated heterocycles. The molecule has 0 aliphatic carbocycles. The maximum absolute atomic E-state index is 12.2. The third-order valence-electron chi connectivity index (χ3n) is 6.83. The van der Waals surface area contributed by atoms with Crippen LogP contribution in [0.2, 0.25) is 0 Å². The quantitative estimate of drug-likeness (QED) is 0.519. The average Bonchev–Trinajstić information content (AvgIpc) is 3.55. The molecular weight excluding hydrogens is 509 g/mol. The van der Waals surface area contributed by atoms with E-state index >= 15 is 0 Å². The first-order chi connectivity index (χ1) is 18.4. The number of hydrogen-bond donors (Lipinski definition) is 1. The molecule has 1 aromatic carbocycles. The summed E-state index contributed by atoms with van der Waals surface area (Å²) in [4.78, 5) is 23.2. The number of halogens is 3. The Hall–Kier alpha value is -2.92. The number of ether oxygens (including phenoxy) is 1. The molecule has 39 heavy (non-hydrogen) atoms. The molecule has 2 aliphatic heterocycles. The number of nitrogens with zero attached hydrogens (tertiary/aromatic N) is 5. The Bertz CT molecular complexity index is 1260. The van der Waals surface area contributed by atoms with E-state index in [0.717, 1.165) is 74.0 Å². The van der Waals surface area contributed by atoms with Gasteiger partial charge in [-0.05, 0) is 56.7 Å². The van der Waals surface area contributed by atoms with Crippen molar-refractivity contribution in [3.8, 4) is 0 Å². The van der Waals surface area contributed by atoms with Crippen LogP contribution in [0.5, 0.6) is 0 Å². The molecule has 0 saturated carbocycles. The van der Waals surface area contributed by atoms with Crippen molar-refractivity contribution in [3.05, 3.63) is 51.7 Å². The second-order valence-corrected chi connectivity index (χ2v) is 10.5. The Kier molecular flexibility index (Phi) is 10.5. The maximum atomic E-state index is 12.2. The van der Waals surface area contributed by atoms with Gasteiger partial charge in [-0.25, -0.2) is 9.78 Å². The summed E-state index contributed by atoms with van der Waals surface area (Å²) < 4.78 is 45.0. The molecular formula is C28H41F3N6O2. The average molecular weight is 551 g/mol. The van der Waals surface area contributed by atoms with Gasteiger partial charge in [0.25, 0.3) is 0 Å². The fourth-order valence-corrected chi connectivity index (χ4v) is 4.61. The Balaban J connectivity index is 0.000000191. The summed E-state index contributed by atoms with van der Waals surface area (Å²) in [7, 11) is 3.67. The molecule has 5 rings (SSSR count). The van der Waals surface area contributed by atoms with Gasteiger partial charge in [0.2, 0.25) is 0 Å². The van der Waals surface area contributed by atoms with Crippen LogP contribution in [-0.2, 0) is 31.4 Å². The van der Waals surface area contributed by atoms with Gasteiger partial charge in [-0.15, -0.1) is 0 Å². The van der Waals surface area contributed by atoms with E-state index in [-0.39, 0.29) is 5.69 Å². The lowest BCUT2D eigenvalue weighted by Gasteiger charge is -2.34. The molecule has 2 aromatic heterocycles. The van der Waals surface area contributed by atoms with Gasteiger partial charge in [-0.1, -0.05) is 26.0 Å². The van der Waals surface area contributed by atoms with Crippen LogP contribution >= 0.6 is 0 Å². The summed E-state index contributed by atoms with van der Waals surface area (Å²) in [6.45, 7) is 12.8. The first kappa shape index (κ1) is 30.6. The highest BCUT2D eigenvalue weighted by molar-refractivity contribution is 5.84. The second-order valence-electron chi connectivity index (χ2n) is 10.5. The van der Waals surface area contributed by atoms with Crippen molar-refractivity contribution < 1.29 is 17.9 Å². The minimum Gasteiger partial charge on any atom is -0.381 e. The van der Waals surface area contributed by atoms with Crippen molar-refractivity contribution in [3.63, 3.8) is 0 Å². The van der Waals surface area contributed by atoms with Crippen LogP contribution in [0.3, 0.4) is 0 Å². The molecule has 8 nitrogen and oxygen atoms in total. The Morgan fingerprint density at radius 3 is 2.23 bits per heavy atom. The minimum atomic E-state index is -4.23. The van der Waals surface area contributed by atoms with Crippen molar-refractivity contribution in [1.82, 2.24) is 24.4 Å². The Morgan fingerprint density at radius 1 is 1.08 bits per heavy atom. The SMILES string of the molecule is C1CCOC1.CC(C)Cc1ccc(C(F)(F)F)cc1.Cc1nc2c(N3CCNCC3C)nc(=O)n(C)c2n1C. The van der Waals surface area contributed by atoms with Crippen molar-refractivity contribution in [2.24, 2.45) is 20.0 Å². The van der Waals surface area contributed by atoms with Gasteiger partial charge >= 0.3 is 11.9 Å². The van der Waals surface area contributed by atoms with E-state index in [1.165, 1.54) is 12.8 Å². The number of rotatable bonds is 3. The van der Waals surface area contributed by atoms with E-state index in [4.69, 9.17) is 4.74 Å². The van der Waals surface area contributed by atoms with E-state index in [1.807, 2.05) is 32.4 Å². The van der Waals surface area contributed by atoms with E-state index in [2.05, 4.69) is 27.1 Å². The standard InChI is InChI=1S/C13H20N6O.C11H13F3.C4H8O/c1-8-7-14-5-6-19(8)11-10-12(17(3)9(2)15-10)18(4)13(20)16-11;1-8(2)7-9-3-5-10(6-4-9)11(12,13)14;1-2-4-5-3-1/h8,14H,5-7H2,1-4H3;3-6,8H,7H2,1-2H3;1-4H2. The van der Waals surface area contributed by atoms with Crippen molar-refractivity contribution in [2.75, 3.05) is 37.7 Å². The van der Waals surface area contributed by atoms with Gasteiger partial charge in [0.1, 0.15) is 17.0 Å². The molecule has 1 N–H and O–H groups in total. The Morgan fingerprint density at radius 2 is 1.72 bits per heavy atom. The van der Waals surface area contributed by atoms with Crippen LogP contribution < -0.4 is 15.9 Å². The lowest BCUT2D eigenvalue weighted by Crippen LogP contribution is -2.50. The second kappa shape index (κ2) is 13.4. The first-order valence-electron chi connectivity index (χ1n) is 13.5. The van der Waals surface area contributed by atoms with Crippen LogP contribution in [-0.4, -0.2) is 58.0 Å². The van der Waals surface area contributed by atoms with Crippen molar-refractivity contribution >= 4 is 17.0 Å². The number of benzene rings is 1. The van der Waals surface area contributed by atoms with E-state index in [1.54, 1.807) is 23.7 Å². The van der Waals surface area contributed by atoms with Crippen LogP contribution in [0.25, 0.3) is 11.2 Å². The van der Waals surface area contributed by atoms with Crippen LogP contribution in [0.15, 0.2) is 29.1 Å². The largest absolute Gasteiger partial charge is 0.416 e. The predicted octanol–water partition coefficient (Wildman–Crippen LogP) is 4.47. The number of alkyl halides is 3. The summed E-state index contributed by atoms with van der Waals surface area (Å²) in [5.74, 6) is 2.06. The lowest BCUT2D eigenvalue weighted by atomic mass is 10.0. The number of nitrogens with one attached hydrogen (secondary N) is 1. The zero-order valence-corrected chi connectivity index (χ0v) is 23.8. The van der Waals surface area contributed by atoms with Crippen LogP contribution in [0.1, 0.15) is 50.6 Å². The Labute approximate surface area is 228 Å². The fraction of sp³-hybridized carbons (Fsp3) is 0.607. The highest BCUT2D eigenvalue weighted by atomic mass is 19.4. The minimum absolute atomic E-state index is 0.235. The predicted molar refractivity (Wildman–Crippen MR) is 148 cm³/mol. The van der Waals surface area contributed by atoms with Gasteiger partial charge in [0.05, 0.1) is 5.56 Å². The summed E-state index contributed by atoms with van der Waals surface area (Å²) in [5, 5.41) is 3.35. The maximum Gasteiger partial charge on any atom is 0.416 e. The molecule has 0 radical (unpaired) electrons. The van der Waals surface area contributed by atoms with E-state index < -0.39 is 11.7 Å². The van der Waals surface area contributed by atoms with Gasteiger partial charge < -0.3 is 19.5 Å². The molecule has 0 amide bonds. The molecule has 2 fully saturated rings. The number of aryl methyl sites for hydroxylation is 3. The zero-order valence-electron chi connectivity index (χ0n) is 23.8. The highest BCUT2D eigenvalue weighted by Gasteiger charge is 2.30. The molecule has 1 atom stereocenters. The molecule has 11 heteroatoms.